The van der Waals surface area contributed by atoms with Crippen LogP contribution in [-0.4, -0.2) is 30.5 Å². The monoisotopic (exact) mass is 325 g/mol. The zero-order valence-electron chi connectivity index (χ0n) is 13.7. The first-order chi connectivity index (χ1) is 11.6. The molecule has 1 saturated heterocycles. The zero-order chi connectivity index (χ0) is 17.1. The van der Waals surface area contributed by atoms with E-state index in [2.05, 4.69) is 10.3 Å². The molecule has 6 heteroatoms. The number of pyridine rings is 1. The number of rotatable bonds is 4. The maximum absolute atomic E-state index is 12.4. The van der Waals surface area contributed by atoms with Gasteiger partial charge in [0.15, 0.2) is 0 Å². The highest BCUT2D eigenvalue weighted by molar-refractivity contribution is 6.04. The Hall–Kier alpha value is -2.89. The molecule has 1 aromatic carbocycles. The summed E-state index contributed by atoms with van der Waals surface area (Å²) in [4.78, 5) is 30.4. The number of methoxy groups -OCH3 is 1. The van der Waals surface area contributed by atoms with E-state index in [0.717, 1.165) is 5.56 Å². The highest BCUT2D eigenvalue weighted by Gasteiger charge is 2.36. The summed E-state index contributed by atoms with van der Waals surface area (Å²) in [6.07, 6.45) is 3.40. The Balaban J connectivity index is 1.76. The Morgan fingerprint density at radius 2 is 2.21 bits per heavy atom. The lowest BCUT2D eigenvalue weighted by Crippen LogP contribution is -2.28. The van der Waals surface area contributed by atoms with Crippen molar-refractivity contribution in [3.8, 4) is 5.75 Å². The van der Waals surface area contributed by atoms with Crippen molar-refractivity contribution in [2.24, 2.45) is 5.92 Å². The van der Waals surface area contributed by atoms with E-state index < -0.39 is 5.92 Å². The van der Waals surface area contributed by atoms with Crippen LogP contribution < -0.4 is 15.0 Å². The molecule has 6 nitrogen and oxygen atoms in total. The number of hydrogen-bond donors (Lipinski definition) is 1. The molecule has 2 amide bonds. The van der Waals surface area contributed by atoms with Crippen molar-refractivity contribution >= 4 is 23.2 Å². The first-order valence-electron chi connectivity index (χ1n) is 7.74. The Kier molecular flexibility index (Phi) is 4.46. The van der Waals surface area contributed by atoms with E-state index in [-0.39, 0.29) is 18.2 Å². The average molecular weight is 325 g/mol. The highest BCUT2D eigenvalue weighted by atomic mass is 16.5. The summed E-state index contributed by atoms with van der Waals surface area (Å²) in [5.74, 6) is -0.0269. The van der Waals surface area contributed by atoms with Crippen LogP contribution in [0.4, 0.5) is 11.4 Å². The Morgan fingerprint density at radius 1 is 1.38 bits per heavy atom. The van der Waals surface area contributed by atoms with Gasteiger partial charge in [0.1, 0.15) is 5.75 Å². The summed E-state index contributed by atoms with van der Waals surface area (Å²) in [5, 5.41) is 2.80. The van der Waals surface area contributed by atoms with Crippen LogP contribution in [0.1, 0.15) is 12.0 Å². The fourth-order valence-corrected chi connectivity index (χ4v) is 2.81. The van der Waals surface area contributed by atoms with Crippen LogP contribution in [0.5, 0.6) is 5.75 Å². The van der Waals surface area contributed by atoms with Gasteiger partial charge < -0.3 is 15.0 Å². The second-order valence-electron chi connectivity index (χ2n) is 5.81. The first-order valence-corrected chi connectivity index (χ1v) is 7.74. The van der Waals surface area contributed by atoms with Gasteiger partial charge >= 0.3 is 0 Å². The van der Waals surface area contributed by atoms with E-state index in [1.807, 2.05) is 25.1 Å². The van der Waals surface area contributed by atoms with Crippen molar-refractivity contribution in [2.45, 2.75) is 13.3 Å². The summed E-state index contributed by atoms with van der Waals surface area (Å²) < 4.78 is 5.35. The fourth-order valence-electron chi connectivity index (χ4n) is 2.81. The maximum Gasteiger partial charge on any atom is 0.229 e. The smallest absolute Gasteiger partial charge is 0.229 e. The molecule has 1 fully saturated rings. The highest BCUT2D eigenvalue weighted by Crippen LogP contribution is 2.34. The molecule has 2 heterocycles. The molecule has 0 aliphatic carbocycles. The minimum absolute atomic E-state index is 0.0785. The molecular weight excluding hydrogens is 306 g/mol. The molecule has 0 saturated carbocycles. The molecule has 1 aliphatic rings. The van der Waals surface area contributed by atoms with Gasteiger partial charge in [0.2, 0.25) is 11.8 Å². The number of carbonyl (C=O) groups excluding carboxylic acids is 2. The second-order valence-corrected chi connectivity index (χ2v) is 5.81. The fraction of sp³-hybridized carbons (Fsp3) is 0.278. The van der Waals surface area contributed by atoms with Gasteiger partial charge in [-0.15, -0.1) is 0 Å². The molecule has 3 rings (SSSR count). The Bertz CT molecular complexity index is 761. The number of nitrogens with zero attached hydrogens (tertiary/aromatic N) is 2. The van der Waals surface area contributed by atoms with Crippen molar-refractivity contribution in [3.63, 3.8) is 0 Å². The summed E-state index contributed by atoms with van der Waals surface area (Å²) in [7, 11) is 1.57. The molecule has 0 bridgehead atoms. The Labute approximate surface area is 140 Å². The normalized spacial score (nSPS) is 17.0. The van der Waals surface area contributed by atoms with Gasteiger partial charge in [0.05, 0.1) is 30.6 Å². The van der Waals surface area contributed by atoms with Crippen molar-refractivity contribution in [2.75, 3.05) is 23.9 Å². The quantitative estimate of drug-likeness (QED) is 0.937. The lowest BCUT2D eigenvalue weighted by Gasteiger charge is -2.20. The topological polar surface area (TPSA) is 71.5 Å². The number of ether oxygens (including phenoxy) is 1. The summed E-state index contributed by atoms with van der Waals surface area (Å²) in [6, 6.07) is 9.18. The molecule has 0 spiro atoms. The van der Waals surface area contributed by atoms with Gasteiger partial charge in [-0.05, 0) is 36.8 Å². The second kappa shape index (κ2) is 6.70. The molecule has 24 heavy (non-hydrogen) atoms. The van der Waals surface area contributed by atoms with E-state index in [1.165, 1.54) is 0 Å². The van der Waals surface area contributed by atoms with E-state index in [9.17, 15) is 9.59 Å². The van der Waals surface area contributed by atoms with E-state index >= 15 is 0 Å². The predicted molar refractivity (Wildman–Crippen MR) is 91.1 cm³/mol. The van der Waals surface area contributed by atoms with E-state index in [1.54, 1.807) is 36.5 Å². The van der Waals surface area contributed by atoms with Gasteiger partial charge in [-0.25, -0.2) is 0 Å². The lowest BCUT2D eigenvalue weighted by molar-refractivity contribution is -0.122. The number of nitrogens with one attached hydrogen (secondary N) is 1. The van der Waals surface area contributed by atoms with Gasteiger partial charge in [0.25, 0.3) is 0 Å². The van der Waals surface area contributed by atoms with Crippen LogP contribution in [-0.2, 0) is 9.59 Å². The molecule has 1 aliphatic heterocycles. The van der Waals surface area contributed by atoms with E-state index in [0.29, 0.717) is 23.7 Å². The maximum atomic E-state index is 12.4. The minimum atomic E-state index is -0.400. The van der Waals surface area contributed by atoms with Crippen molar-refractivity contribution in [3.05, 3.63) is 48.3 Å². The SMILES string of the molecule is COc1ccc(C)cc1N1C[C@H](C(=O)Nc2cccnc2)CC1=O. The molecule has 1 atom stereocenters. The number of hydrogen-bond acceptors (Lipinski definition) is 4. The molecular formula is C18H19N3O3. The standard InChI is InChI=1S/C18H19N3O3/c1-12-5-6-16(24-2)15(8-12)21-11-13(9-17(21)22)18(23)20-14-4-3-7-19-10-14/h3-8,10,13H,9,11H2,1-2H3,(H,20,23)/t13-/m1/s1. The lowest BCUT2D eigenvalue weighted by atomic mass is 10.1. The van der Waals surface area contributed by atoms with Crippen LogP contribution >= 0.6 is 0 Å². The van der Waals surface area contributed by atoms with Crippen LogP contribution in [0.15, 0.2) is 42.7 Å². The number of anilines is 2. The van der Waals surface area contributed by atoms with Crippen molar-refractivity contribution < 1.29 is 14.3 Å². The summed E-state index contributed by atoms with van der Waals surface area (Å²) >= 11 is 0. The van der Waals surface area contributed by atoms with Crippen molar-refractivity contribution in [1.82, 2.24) is 4.98 Å². The van der Waals surface area contributed by atoms with Crippen molar-refractivity contribution in [1.29, 1.82) is 0 Å². The molecule has 0 unspecified atom stereocenters. The predicted octanol–water partition coefficient (Wildman–Crippen LogP) is 2.39. The number of benzene rings is 1. The summed E-state index contributed by atoms with van der Waals surface area (Å²) in [5.41, 5.74) is 2.36. The summed E-state index contributed by atoms with van der Waals surface area (Å²) in [6.45, 7) is 2.29. The third-order valence-corrected chi connectivity index (χ3v) is 4.05. The zero-order valence-corrected chi connectivity index (χ0v) is 13.7. The number of amides is 2. The third kappa shape index (κ3) is 3.22. The average Bonchev–Trinajstić information content (AvgIpc) is 2.97. The van der Waals surface area contributed by atoms with Crippen LogP contribution in [0.25, 0.3) is 0 Å². The largest absolute Gasteiger partial charge is 0.495 e. The Morgan fingerprint density at radius 3 is 2.92 bits per heavy atom. The van der Waals surface area contributed by atoms with Gasteiger partial charge in [-0.2, -0.15) is 0 Å². The number of carbonyl (C=O) groups is 2. The first kappa shape index (κ1) is 16.0. The number of aromatic nitrogens is 1. The molecule has 1 aromatic heterocycles. The minimum Gasteiger partial charge on any atom is -0.495 e. The molecule has 2 aromatic rings. The van der Waals surface area contributed by atoms with Gasteiger partial charge in [-0.3, -0.25) is 14.6 Å². The van der Waals surface area contributed by atoms with E-state index in [4.69, 9.17) is 4.74 Å². The third-order valence-electron chi connectivity index (χ3n) is 4.05. The van der Waals surface area contributed by atoms with Crippen LogP contribution in [0.3, 0.4) is 0 Å². The molecule has 0 radical (unpaired) electrons. The van der Waals surface area contributed by atoms with Crippen LogP contribution in [0.2, 0.25) is 0 Å². The van der Waals surface area contributed by atoms with Crippen LogP contribution in [0, 0.1) is 12.8 Å². The van der Waals surface area contributed by atoms with Gasteiger partial charge in [0, 0.05) is 19.2 Å². The number of aryl methyl sites for hydroxylation is 1. The molecule has 1 N–H and O–H groups in total. The molecule has 124 valence electrons. The van der Waals surface area contributed by atoms with Gasteiger partial charge in [-0.1, -0.05) is 6.07 Å².